The van der Waals surface area contributed by atoms with Gasteiger partial charge in [0.15, 0.2) is 5.96 Å². The van der Waals surface area contributed by atoms with Gasteiger partial charge in [-0.15, -0.1) is 0 Å². The maximum absolute atomic E-state index is 11.6. The second kappa shape index (κ2) is 13.8. The van der Waals surface area contributed by atoms with Crippen molar-refractivity contribution in [2.75, 3.05) is 39.8 Å². The first kappa shape index (κ1) is 23.0. The summed E-state index contributed by atoms with van der Waals surface area (Å²) in [6.07, 6.45) is 13.4. The minimum absolute atomic E-state index is 0.159. The van der Waals surface area contributed by atoms with Crippen molar-refractivity contribution in [3.63, 3.8) is 0 Å². The molecule has 1 amide bonds. The van der Waals surface area contributed by atoms with Gasteiger partial charge in [0.1, 0.15) is 0 Å². The number of unbranched alkanes of at least 4 members (excludes halogenated alkanes) is 2. The number of rotatable bonds is 10. The summed E-state index contributed by atoms with van der Waals surface area (Å²) < 4.78 is 6.01. The molecule has 0 atom stereocenters. The van der Waals surface area contributed by atoms with Crippen LogP contribution in [0.15, 0.2) is 4.99 Å². The van der Waals surface area contributed by atoms with Crippen LogP contribution in [0.3, 0.4) is 0 Å². The summed E-state index contributed by atoms with van der Waals surface area (Å²) in [5.74, 6) is 1.70. The zero-order valence-corrected chi connectivity index (χ0v) is 18.2. The molecule has 0 spiro atoms. The van der Waals surface area contributed by atoms with Crippen LogP contribution >= 0.6 is 0 Å². The van der Waals surface area contributed by atoms with E-state index in [-0.39, 0.29) is 5.91 Å². The van der Waals surface area contributed by atoms with Crippen molar-refractivity contribution in [2.24, 2.45) is 10.9 Å². The van der Waals surface area contributed by atoms with Crippen LogP contribution in [0.1, 0.15) is 77.6 Å². The van der Waals surface area contributed by atoms with Crippen LogP contribution in [0.4, 0.5) is 0 Å². The summed E-state index contributed by atoms with van der Waals surface area (Å²) in [5, 5.41) is 6.17. The zero-order valence-electron chi connectivity index (χ0n) is 18.2. The lowest BCUT2D eigenvalue weighted by Gasteiger charge is -2.34. The van der Waals surface area contributed by atoms with Crippen molar-refractivity contribution in [1.82, 2.24) is 15.5 Å². The summed E-state index contributed by atoms with van der Waals surface area (Å²) >= 11 is 0. The molecule has 0 radical (unpaired) electrons. The quantitative estimate of drug-likeness (QED) is 0.339. The molecule has 1 aliphatic carbocycles. The van der Waals surface area contributed by atoms with E-state index in [0.29, 0.717) is 18.4 Å². The summed E-state index contributed by atoms with van der Waals surface area (Å²) in [4.78, 5) is 18.8. The van der Waals surface area contributed by atoms with E-state index in [1.54, 1.807) is 7.05 Å². The predicted octanol–water partition coefficient (Wildman–Crippen LogP) is 3.32. The lowest BCUT2D eigenvalue weighted by Crippen LogP contribution is -2.46. The molecule has 0 unspecified atom stereocenters. The van der Waals surface area contributed by atoms with Gasteiger partial charge in [-0.2, -0.15) is 0 Å². The van der Waals surface area contributed by atoms with Crippen molar-refractivity contribution < 1.29 is 9.53 Å². The van der Waals surface area contributed by atoms with Crippen LogP contribution in [0.2, 0.25) is 0 Å². The number of hydrogen-bond acceptors (Lipinski definition) is 3. The summed E-state index contributed by atoms with van der Waals surface area (Å²) in [7, 11) is 1.72. The molecule has 162 valence electrons. The van der Waals surface area contributed by atoms with Crippen LogP contribution in [-0.2, 0) is 9.53 Å². The Morgan fingerprint density at radius 3 is 2.50 bits per heavy atom. The third kappa shape index (κ3) is 8.80. The maximum Gasteiger partial charge on any atom is 0.220 e. The Labute approximate surface area is 171 Å². The molecule has 0 aromatic rings. The molecule has 0 aromatic heterocycles. The monoisotopic (exact) mass is 394 g/mol. The topological polar surface area (TPSA) is 66.0 Å². The van der Waals surface area contributed by atoms with E-state index in [4.69, 9.17) is 9.73 Å². The summed E-state index contributed by atoms with van der Waals surface area (Å²) in [5.41, 5.74) is 0. The molecule has 1 heterocycles. The van der Waals surface area contributed by atoms with Crippen molar-refractivity contribution in [2.45, 2.75) is 83.7 Å². The maximum atomic E-state index is 11.6. The minimum Gasteiger partial charge on any atom is -0.378 e. The number of carbonyl (C=O) groups excluding carboxylic acids is 1. The number of nitrogens with zero attached hydrogens (tertiary/aromatic N) is 2. The van der Waals surface area contributed by atoms with E-state index >= 15 is 0 Å². The van der Waals surface area contributed by atoms with E-state index in [9.17, 15) is 4.79 Å². The molecule has 0 aromatic carbocycles. The standard InChI is InChI=1S/C22H42N4O2/c1-3-24-22(26-15-12-19(13-16-26)18-21(27)23-2)25-14-8-5-9-17-28-20-10-6-4-7-11-20/h19-20H,3-18H2,1-2H3,(H,23,27)(H,24,25). The van der Waals surface area contributed by atoms with E-state index < -0.39 is 0 Å². The lowest BCUT2D eigenvalue weighted by molar-refractivity contribution is -0.121. The highest BCUT2D eigenvalue weighted by molar-refractivity contribution is 5.80. The number of carbonyl (C=O) groups is 1. The number of guanidine groups is 1. The molecule has 28 heavy (non-hydrogen) atoms. The van der Waals surface area contributed by atoms with E-state index in [0.717, 1.165) is 64.4 Å². The largest absolute Gasteiger partial charge is 0.378 e. The van der Waals surface area contributed by atoms with Gasteiger partial charge in [-0.1, -0.05) is 19.3 Å². The fourth-order valence-corrected chi connectivity index (χ4v) is 4.20. The van der Waals surface area contributed by atoms with Crippen LogP contribution in [0.5, 0.6) is 0 Å². The molecule has 1 saturated heterocycles. The van der Waals surface area contributed by atoms with Crippen LogP contribution in [-0.4, -0.2) is 62.7 Å². The first-order valence-electron chi connectivity index (χ1n) is 11.6. The van der Waals surface area contributed by atoms with E-state index in [2.05, 4.69) is 22.5 Å². The fraction of sp³-hybridized carbons (Fsp3) is 0.909. The molecule has 2 N–H and O–H groups in total. The second-order valence-electron chi connectivity index (χ2n) is 8.23. The number of ether oxygens (including phenoxy) is 1. The van der Waals surface area contributed by atoms with E-state index in [1.165, 1.54) is 38.5 Å². The van der Waals surface area contributed by atoms with Crippen molar-refractivity contribution >= 4 is 11.9 Å². The number of likely N-dealkylation sites (tertiary alicyclic amines) is 1. The molecule has 2 fully saturated rings. The predicted molar refractivity (Wildman–Crippen MR) is 116 cm³/mol. The van der Waals surface area contributed by atoms with Crippen molar-refractivity contribution in [3.8, 4) is 0 Å². The molecule has 6 nitrogen and oxygen atoms in total. The number of aliphatic imine (C=N–C) groups is 1. The average Bonchev–Trinajstić information content (AvgIpc) is 2.73. The number of amides is 1. The summed E-state index contributed by atoms with van der Waals surface area (Å²) in [6.45, 7) is 6.78. The smallest absolute Gasteiger partial charge is 0.220 e. The van der Waals surface area contributed by atoms with Gasteiger partial charge in [-0.05, 0) is 57.8 Å². The lowest BCUT2D eigenvalue weighted by atomic mass is 9.93. The highest BCUT2D eigenvalue weighted by Crippen LogP contribution is 2.21. The zero-order chi connectivity index (χ0) is 20.0. The third-order valence-electron chi connectivity index (χ3n) is 5.97. The van der Waals surface area contributed by atoms with Gasteiger partial charge in [0, 0.05) is 46.3 Å². The third-order valence-corrected chi connectivity index (χ3v) is 5.97. The Bertz CT molecular complexity index is 455. The molecule has 2 aliphatic rings. The van der Waals surface area contributed by atoms with E-state index in [1.807, 2.05) is 0 Å². The van der Waals surface area contributed by atoms with Crippen LogP contribution in [0, 0.1) is 5.92 Å². The van der Waals surface area contributed by atoms with Crippen molar-refractivity contribution in [3.05, 3.63) is 0 Å². The molecular formula is C22H42N4O2. The van der Waals surface area contributed by atoms with Crippen LogP contribution < -0.4 is 10.6 Å². The minimum atomic E-state index is 0.159. The molecule has 1 aliphatic heterocycles. The molecule has 1 saturated carbocycles. The highest BCUT2D eigenvalue weighted by Gasteiger charge is 2.23. The van der Waals surface area contributed by atoms with Gasteiger partial charge in [0.25, 0.3) is 0 Å². The Morgan fingerprint density at radius 1 is 1.07 bits per heavy atom. The Morgan fingerprint density at radius 2 is 1.82 bits per heavy atom. The average molecular weight is 395 g/mol. The molecule has 2 rings (SSSR count). The SMILES string of the molecule is CCNC(=NCCCCCOC1CCCCC1)N1CCC(CC(=O)NC)CC1. The van der Waals surface area contributed by atoms with Gasteiger partial charge in [-0.25, -0.2) is 0 Å². The Kier molecular flexibility index (Phi) is 11.3. The molecule has 0 bridgehead atoms. The molecular weight excluding hydrogens is 352 g/mol. The highest BCUT2D eigenvalue weighted by atomic mass is 16.5. The molecule has 6 heteroatoms. The van der Waals surface area contributed by atoms with Gasteiger partial charge in [0.2, 0.25) is 5.91 Å². The van der Waals surface area contributed by atoms with Gasteiger partial charge in [0.05, 0.1) is 6.10 Å². The first-order chi connectivity index (χ1) is 13.7. The second-order valence-corrected chi connectivity index (χ2v) is 8.23. The number of hydrogen-bond donors (Lipinski definition) is 2. The first-order valence-corrected chi connectivity index (χ1v) is 11.6. The summed E-state index contributed by atoms with van der Waals surface area (Å²) in [6, 6.07) is 0. The number of nitrogens with one attached hydrogen (secondary N) is 2. The Balaban J connectivity index is 1.60. The van der Waals surface area contributed by atoms with Crippen LogP contribution in [0.25, 0.3) is 0 Å². The van der Waals surface area contributed by atoms with Gasteiger partial charge < -0.3 is 20.3 Å². The van der Waals surface area contributed by atoms with Crippen molar-refractivity contribution in [1.29, 1.82) is 0 Å². The Hall–Kier alpha value is -1.30. The fourth-order valence-electron chi connectivity index (χ4n) is 4.20. The van der Waals surface area contributed by atoms with Gasteiger partial charge in [-0.3, -0.25) is 9.79 Å². The number of piperidine rings is 1. The van der Waals surface area contributed by atoms with Gasteiger partial charge >= 0.3 is 0 Å². The normalized spacial score (nSPS) is 19.6.